The summed E-state index contributed by atoms with van der Waals surface area (Å²) in [4.78, 5) is 0. The van der Waals surface area contributed by atoms with Gasteiger partial charge in [0.25, 0.3) is 0 Å². The Bertz CT molecular complexity index is 142. The number of rotatable bonds is 1. The number of nitrogens with two attached hydrogens (primary N) is 1. The van der Waals surface area contributed by atoms with Crippen LogP contribution in [0.1, 0.15) is 0 Å². The zero-order chi connectivity index (χ0) is 9.19. The number of morpholine rings is 1. The van der Waals surface area contributed by atoms with Gasteiger partial charge in [-0.2, -0.15) is 13.2 Å². The lowest BCUT2D eigenvalue weighted by molar-refractivity contribution is -0.228. The lowest BCUT2D eigenvalue weighted by Gasteiger charge is -2.30. The Morgan fingerprint density at radius 2 is 2.17 bits per heavy atom. The molecule has 2 atom stereocenters. The topological polar surface area (TPSA) is 47.3 Å². The Morgan fingerprint density at radius 1 is 1.50 bits per heavy atom. The van der Waals surface area contributed by atoms with E-state index in [1.54, 1.807) is 0 Å². The molecule has 1 saturated heterocycles. The van der Waals surface area contributed by atoms with Crippen LogP contribution in [0.15, 0.2) is 0 Å². The summed E-state index contributed by atoms with van der Waals surface area (Å²) in [6.45, 7) is 0.122. The highest BCUT2D eigenvalue weighted by Crippen LogP contribution is 2.23. The molecule has 6 heteroatoms. The minimum atomic E-state index is -4.27. The molecule has 1 aliphatic rings. The number of halogens is 3. The van der Waals surface area contributed by atoms with Gasteiger partial charge in [0.15, 0.2) is 6.10 Å². The Balaban J connectivity index is 2.36. The van der Waals surface area contributed by atoms with Crippen LogP contribution in [0.3, 0.4) is 0 Å². The molecule has 0 aromatic carbocycles. The fourth-order valence-corrected chi connectivity index (χ4v) is 0.985. The monoisotopic (exact) mass is 184 g/mol. The van der Waals surface area contributed by atoms with Crippen LogP contribution in [0.5, 0.6) is 0 Å². The molecule has 0 radical (unpaired) electrons. The average molecular weight is 184 g/mol. The maximum Gasteiger partial charge on any atom is 0.415 e. The summed E-state index contributed by atoms with van der Waals surface area (Å²) >= 11 is 0. The molecule has 0 amide bonds. The van der Waals surface area contributed by atoms with E-state index in [4.69, 9.17) is 5.73 Å². The van der Waals surface area contributed by atoms with Crippen LogP contribution >= 0.6 is 0 Å². The van der Waals surface area contributed by atoms with Gasteiger partial charge in [0.2, 0.25) is 0 Å². The lowest BCUT2D eigenvalue weighted by atomic mass is 10.2. The Hall–Kier alpha value is -0.330. The summed E-state index contributed by atoms with van der Waals surface area (Å²) < 4.78 is 40.5. The van der Waals surface area contributed by atoms with Gasteiger partial charge in [0, 0.05) is 19.1 Å². The molecule has 72 valence electrons. The van der Waals surface area contributed by atoms with Crippen molar-refractivity contribution >= 4 is 0 Å². The van der Waals surface area contributed by atoms with Crippen molar-refractivity contribution in [3.63, 3.8) is 0 Å². The van der Waals surface area contributed by atoms with Crippen LogP contribution in [-0.4, -0.2) is 38.0 Å². The fraction of sp³-hybridized carbons (Fsp3) is 1.00. The van der Waals surface area contributed by atoms with Crippen LogP contribution < -0.4 is 11.1 Å². The minimum absolute atomic E-state index is 0.0284. The van der Waals surface area contributed by atoms with Gasteiger partial charge in [-0.1, -0.05) is 0 Å². The van der Waals surface area contributed by atoms with Crippen LogP contribution in [0.4, 0.5) is 13.2 Å². The Labute approximate surface area is 68.1 Å². The Morgan fingerprint density at radius 3 is 2.50 bits per heavy atom. The molecule has 0 spiro atoms. The fourth-order valence-electron chi connectivity index (χ4n) is 0.985. The van der Waals surface area contributed by atoms with Crippen LogP contribution in [0.2, 0.25) is 0 Å². The molecule has 1 heterocycles. The first-order valence-electron chi connectivity index (χ1n) is 3.66. The molecule has 12 heavy (non-hydrogen) atoms. The van der Waals surface area contributed by atoms with E-state index in [0.717, 1.165) is 0 Å². The van der Waals surface area contributed by atoms with Gasteiger partial charge in [-0.3, -0.25) is 0 Å². The molecule has 0 aromatic heterocycles. The van der Waals surface area contributed by atoms with E-state index in [1.165, 1.54) is 0 Å². The molecule has 1 rings (SSSR count). The number of hydrogen-bond acceptors (Lipinski definition) is 3. The first kappa shape index (κ1) is 9.76. The first-order valence-corrected chi connectivity index (χ1v) is 3.66. The molecule has 3 nitrogen and oxygen atoms in total. The minimum Gasteiger partial charge on any atom is -0.366 e. The van der Waals surface area contributed by atoms with E-state index in [9.17, 15) is 13.2 Å². The predicted molar refractivity (Wildman–Crippen MR) is 36.6 cm³/mol. The lowest BCUT2D eigenvalue weighted by Crippen LogP contribution is -2.54. The maximum atomic E-state index is 12.0. The quantitative estimate of drug-likeness (QED) is 0.596. The molecule has 1 aliphatic heterocycles. The maximum absolute atomic E-state index is 12.0. The predicted octanol–water partition coefficient (Wildman–Crippen LogP) is -0.136. The van der Waals surface area contributed by atoms with Gasteiger partial charge in [0.05, 0.1) is 6.61 Å². The summed E-state index contributed by atoms with van der Waals surface area (Å²) in [6.07, 6.45) is -5.95. The number of hydrogen-bond donors (Lipinski definition) is 2. The second-order valence-corrected chi connectivity index (χ2v) is 2.70. The summed E-state index contributed by atoms with van der Waals surface area (Å²) in [6, 6.07) is -0.149. The van der Waals surface area contributed by atoms with Gasteiger partial charge in [0.1, 0.15) is 0 Å². The van der Waals surface area contributed by atoms with Gasteiger partial charge in [-0.15, -0.1) is 0 Å². The molecule has 0 aliphatic carbocycles. The summed E-state index contributed by atoms with van der Waals surface area (Å²) in [7, 11) is 0. The molecular formula is C6H11F3N2O. The third kappa shape index (κ3) is 2.33. The molecular weight excluding hydrogens is 173 g/mol. The van der Waals surface area contributed by atoms with Crippen LogP contribution in [0.25, 0.3) is 0 Å². The van der Waals surface area contributed by atoms with E-state index in [-0.39, 0.29) is 19.2 Å². The largest absolute Gasteiger partial charge is 0.415 e. The zero-order valence-corrected chi connectivity index (χ0v) is 6.40. The summed E-state index contributed by atoms with van der Waals surface area (Å²) in [5, 5.41) is 2.66. The van der Waals surface area contributed by atoms with Crippen molar-refractivity contribution in [2.45, 2.75) is 18.3 Å². The molecule has 3 N–H and O–H groups in total. The highest BCUT2D eigenvalue weighted by Gasteiger charge is 2.42. The highest BCUT2D eigenvalue weighted by molar-refractivity contribution is 4.80. The Kier molecular flexibility index (Phi) is 2.92. The van der Waals surface area contributed by atoms with Crippen molar-refractivity contribution in [1.29, 1.82) is 0 Å². The van der Waals surface area contributed by atoms with Crippen molar-refractivity contribution < 1.29 is 17.9 Å². The molecule has 0 saturated carbocycles. The summed E-state index contributed by atoms with van der Waals surface area (Å²) in [5.41, 5.74) is 5.23. The molecule has 0 bridgehead atoms. The third-order valence-electron chi connectivity index (χ3n) is 1.74. The highest BCUT2D eigenvalue weighted by atomic mass is 19.4. The van der Waals surface area contributed by atoms with Gasteiger partial charge in [-0.05, 0) is 0 Å². The van der Waals surface area contributed by atoms with Gasteiger partial charge in [-0.25, -0.2) is 0 Å². The van der Waals surface area contributed by atoms with Gasteiger partial charge >= 0.3 is 6.18 Å². The smallest absolute Gasteiger partial charge is 0.366 e. The van der Waals surface area contributed by atoms with Gasteiger partial charge < -0.3 is 15.8 Å². The second-order valence-electron chi connectivity index (χ2n) is 2.70. The van der Waals surface area contributed by atoms with E-state index in [2.05, 4.69) is 10.1 Å². The van der Waals surface area contributed by atoms with Crippen LogP contribution in [-0.2, 0) is 4.74 Å². The number of alkyl halides is 3. The second kappa shape index (κ2) is 3.59. The van der Waals surface area contributed by atoms with E-state index in [0.29, 0.717) is 6.54 Å². The molecule has 0 aromatic rings. The van der Waals surface area contributed by atoms with E-state index < -0.39 is 12.3 Å². The van der Waals surface area contributed by atoms with Crippen LogP contribution in [0, 0.1) is 0 Å². The number of ether oxygens (including phenoxy) is 1. The molecule has 1 fully saturated rings. The summed E-state index contributed by atoms with van der Waals surface area (Å²) in [5.74, 6) is 0. The van der Waals surface area contributed by atoms with Crippen molar-refractivity contribution in [2.75, 3.05) is 19.7 Å². The van der Waals surface area contributed by atoms with E-state index in [1.807, 2.05) is 0 Å². The van der Waals surface area contributed by atoms with Crippen molar-refractivity contribution in [1.82, 2.24) is 5.32 Å². The molecule has 2 unspecified atom stereocenters. The standard InChI is InChI=1S/C6H11F3N2O/c7-6(8,9)5-2-11-4(1-10)3-12-5/h4-5,11H,1-3,10H2. The average Bonchev–Trinajstić information content (AvgIpc) is 2.03. The van der Waals surface area contributed by atoms with Crippen molar-refractivity contribution in [3.05, 3.63) is 0 Å². The normalized spacial score (nSPS) is 32.0. The van der Waals surface area contributed by atoms with Crippen molar-refractivity contribution in [2.24, 2.45) is 5.73 Å². The van der Waals surface area contributed by atoms with E-state index >= 15 is 0 Å². The third-order valence-corrected chi connectivity index (χ3v) is 1.74. The SMILES string of the molecule is NCC1COC(C(F)(F)F)CN1. The zero-order valence-electron chi connectivity index (χ0n) is 6.40. The number of nitrogens with one attached hydrogen (secondary N) is 1. The first-order chi connectivity index (χ1) is 5.54. The van der Waals surface area contributed by atoms with Crippen molar-refractivity contribution in [3.8, 4) is 0 Å².